The number of nitrogens with one attached hydrogen (secondary N) is 1. The number of carbonyl (C=O) groups is 2. The minimum atomic E-state index is -4.15. The molecule has 0 bridgehead atoms. The zero-order valence-electron chi connectivity index (χ0n) is 26.3. The van der Waals surface area contributed by atoms with Gasteiger partial charge in [0.25, 0.3) is 10.0 Å². The average Bonchev–Trinajstić information content (AvgIpc) is 3.06. The largest absolute Gasteiger partial charge is 0.497 e. The first-order chi connectivity index (χ1) is 21.6. The monoisotopic (exact) mass is 627 g/mol. The molecule has 0 radical (unpaired) electrons. The quantitative estimate of drug-likeness (QED) is 0.194. The molecule has 0 aliphatic heterocycles. The molecule has 2 amide bonds. The highest BCUT2D eigenvalue weighted by Gasteiger charge is 2.34. The molecule has 9 heteroatoms. The summed E-state index contributed by atoms with van der Waals surface area (Å²) in [6.45, 7) is 5.82. The standard InChI is InChI=1S/C36H41N3O5S/c1-5-21-37-36(41)34(24-29-13-8-6-9-14-29)38(25-30-15-12-16-32(23-30)44-4)35(40)26-39(31-20-19-27(2)28(3)22-31)45(42,43)33-17-10-7-11-18-33/h6-20,22-23,34H,5,21,24-26H2,1-4H3,(H,37,41)/t34-/m0/s1. The van der Waals surface area contributed by atoms with Crippen LogP contribution in [0.1, 0.15) is 35.6 Å². The Balaban J connectivity index is 1.81. The van der Waals surface area contributed by atoms with Crippen LogP contribution in [0.4, 0.5) is 5.69 Å². The smallest absolute Gasteiger partial charge is 0.264 e. The van der Waals surface area contributed by atoms with Crippen LogP contribution < -0.4 is 14.4 Å². The summed E-state index contributed by atoms with van der Waals surface area (Å²) in [4.78, 5) is 29.8. The molecule has 4 aromatic rings. The Labute approximate surface area is 266 Å². The average molecular weight is 628 g/mol. The van der Waals surface area contributed by atoms with Gasteiger partial charge in [0.1, 0.15) is 18.3 Å². The van der Waals surface area contributed by atoms with Crippen LogP contribution in [0.25, 0.3) is 0 Å². The zero-order valence-corrected chi connectivity index (χ0v) is 27.1. The molecular formula is C36H41N3O5S. The van der Waals surface area contributed by atoms with Gasteiger partial charge in [0.2, 0.25) is 11.8 Å². The van der Waals surface area contributed by atoms with Gasteiger partial charge in [-0.25, -0.2) is 8.42 Å². The summed E-state index contributed by atoms with van der Waals surface area (Å²) in [7, 11) is -2.59. The van der Waals surface area contributed by atoms with Crippen LogP contribution in [0, 0.1) is 13.8 Å². The predicted octanol–water partition coefficient (Wildman–Crippen LogP) is 5.67. The molecule has 4 aromatic carbocycles. The van der Waals surface area contributed by atoms with E-state index in [0.717, 1.165) is 33.0 Å². The number of nitrogens with zero attached hydrogens (tertiary/aromatic N) is 2. The van der Waals surface area contributed by atoms with Gasteiger partial charge in [0.15, 0.2) is 0 Å². The van der Waals surface area contributed by atoms with Gasteiger partial charge >= 0.3 is 0 Å². The molecule has 1 atom stereocenters. The number of aryl methyl sites for hydroxylation is 2. The van der Waals surface area contributed by atoms with Crippen molar-refractivity contribution in [2.75, 3.05) is 24.5 Å². The van der Waals surface area contributed by atoms with Gasteiger partial charge in [-0.05, 0) is 78.9 Å². The summed E-state index contributed by atoms with van der Waals surface area (Å²) >= 11 is 0. The molecule has 0 heterocycles. The minimum Gasteiger partial charge on any atom is -0.497 e. The molecule has 0 aliphatic carbocycles. The molecule has 0 unspecified atom stereocenters. The summed E-state index contributed by atoms with van der Waals surface area (Å²) in [5.41, 5.74) is 3.87. The van der Waals surface area contributed by atoms with E-state index in [2.05, 4.69) is 5.32 Å². The van der Waals surface area contributed by atoms with Gasteiger partial charge in [-0.3, -0.25) is 13.9 Å². The van der Waals surface area contributed by atoms with Crippen LogP contribution in [0.5, 0.6) is 5.75 Å². The molecule has 1 N–H and O–H groups in total. The van der Waals surface area contributed by atoms with Crippen molar-refractivity contribution in [2.24, 2.45) is 0 Å². The summed E-state index contributed by atoms with van der Waals surface area (Å²) in [6.07, 6.45) is 0.977. The van der Waals surface area contributed by atoms with Crippen molar-refractivity contribution in [1.29, 1.82) is 0 Å². The van der Waals surface area contributed by atoms with Crippen LogP contribution in [0.3, 0.4) is 0 Å². The van der Waals surface area contributed by atoms with Crippen molar-refractivity contribution in [2.45, 2.75) is 51.1 Å². The Bertz CT molecular complexity index is 1690. The summed E-state index contributed by atoms with van der Waals surface area (Å²) in [5.74, 6) is -0.206. The Morgan fingerprint density at radius 1 is 0.822 bits per heavy atom. The number of carbonyl (C=O) groups excluding carboxylic acids is 2. The van der Waals surface area contributed by atoms with Crippen molar-refractivity contribution in [3.05, 3.63) is 125 Å². The van der Waals surface area contributed by atoms with E-state index in [-0.39, 0.29) is 23.8 Å². The van der Waals surface area contributed by atoms with Crippen LogP contribution >= 0.6 is 0 Å². The number of benzene rings is 4. The molecule has 45 heavy (non-hydrogen) atoms. The fourth-order valence-electron chi connectivity index (χ4n) is 5.02. The second-order valence-corrected chi connectivity index (χ2v) is 12.8. The van der Waals surface area contributed by atoms with E-state index >= 15 is 0 Å². The summed E-state index contributed by atoms with van der Waals surface area (Å²) < 4.78 is 34.8. The van der Waals surface area contributed by atoms with Crippen LogP contribution in [-0.2, 0) is 32.6 Å². The number of methoxy groups -OCH3 is 1. The SMILES string of the molecule is CCCNC(=O)[C@H](Cc1ccccc1)N(Cc1cccc(OC)c1)C(=O)CN(c1ccc(C)c(C)c1)S(=O)(=O)c1ccccc1. The third kappa shape index (κ3) is 8.51. The normalized spacial score (nSPS) is 11.8. The van der Waals surface area contributed by atoms with Gasteiger partial charge in [-0.2, -0.15) is 0 Å². The fraction of sp³-hybridized carbons (Fsp3) is 0.278. The van der Waals surface area contributed by atoms with Crippen molar-refractivity contribution < 1.29 is 22.7 Å². The van der Waals surface area contributed by atoms with E-state index < -0.39 is 28.5 Å². The Hall–Kier alpha value is -4.63. The number of anilines is 1. The van der Waals surface area contributed by atoms with Gasteiger partial charge in [-0.15, -0.1) is 0 Å². The highest BCUT2D eigenvalue weighted by Crippen LogP contribution is 2.27. The van der Waals surface area contributed by atoms with Gasteiger partial charge in [0.05, 0.1) is 17.7 Å². The fourth-order valence-corrected chi connectivity index (χ4v) is 6.44. The molecule has 0 aliphatic rings. The Morgan fingerprint density at radius 3 is 2.13 bits per heavy atom. The Morgan fingerprint density at radius 2 is 1.49 bits per heavy atom. The topological polar surface area (TPSA) is 96.0 Å². The maximum atomic E-state index is 14.5. The zero-order chi connectivity index (χ0) is 32.4. The first kappa shape index (κ1) is 33.3. The molecular weight excluding hydrogens is 586 g/mol. The third-order valence-corrected chi connectivity index (χ3v) is 9.48. The lowest BCUT2D eigenvalue weighted by Gasteiger charge is -2.34. The van der Waals surface area contributed by atoms with E-state index in [0.29, 0.717) is 18.0 Å². The highest BCUT2D eigenvalue weighted by atomic mass is 32.2. The van der Waals surface area contributed by atoms with Crippen LogP contribution in [0.2, 0.25) is 0 Å². The number of rotatable bonds is 14. The molecule has 0 saturated heterocycles. The second kappa shape index (κ2) is 15.4. The lowest BCUT2D eigenvalue weighted by atomic mass is 10.0. The third-order valence-electron chi connectivity index (χ3n) is 7.70. The Kier molecular flexibility index (Phi) is 11.4. The first-order valence-electron chi connectivity index (χ1n) is 15.0. The lowest BCUT2D eigenvalue weighted by Crippen LogP contribution is -2.53. The number of amides is 2. The van der Waals surface area contributed by atoms with Crippen molar-refractivity contribution in [3.63, 3.8) is 0 Å². The first-order valence-corrected chi connectivity index (χ1v) is 16.5. The van der Waals surface area contributed by atoms with E-state index in [1.54, 1.807) is 43.5 Å². The maximum Gasteiger partial charge on any atom is 0.264 e. The minimum absolute atomic E-state index is 0.0666. The summed E-state index contributed by atoms with van der Waals surface area (Å²) in [6, 6.07) is 29.3. The molecule has 4 rings (SSSR count). The van der Waals surface area contributed by atoms with Crippen molar-refractivity contribution in [3.8, 4) is 5.75 Å². The second-order valence-electron chi connectivity index (χ2n) is 11.0. The van der Waals surface area contributed by atoms with Crippen molar-refractivity contribution >= 4 is 27.5 Å². The molecule has 236 valence electrons. The highest BCUT2D eigenvalue weighted by molar-refractivity contribution is 7.92. The number of hydrogen-bond donors (Lipinski definition) is 1. The number of ether oxygens (including phenoxy) is 1. The van der Waals surface area contributed by atoms with Crippen LogP contribution in [-0.4, -0.2) is 51.4 Å². The van der Waals surface area contributed by atoms with Gasteiger partial charge < -0.3 is 15.0 Å². The van der Waals surface area contributed by atoms with E-state index in [4.69, 9.17) is 4.74 Å². The van der Waals surface area contributed by atoms with E-state index in [1.165, 1.54) is 17.0 Å². The number of hydrogen-bond acceptors (Lipinski definition) is 5. The summed E-state index contributed by atoms with van der Waals surface area (Å²) in [5, 5.41) is 2.96. The van der Waals surface area contributed by atoms with Crippen LogP contribution in [0.15, 0.2) is 108 Å². The maximum absolute atomic E-state index is 14.5. The molecule has 0 aromatic heterocycles. The van der Waals surface area contributed by atoms with E-state index in [9.17, 15) is 18.0 Å². The van der Waals surface area contributed by atoms with Gasteiger partial charge in [0, 0.05) is 19.5 Å². The molecule has 8 nitrogen and oxygen atoms in total. The molecule has 0 spiro atoms. The van der Waals surface area contributed by atoms with E-state index in [1.807, 2.05) is 75.4 Å². The molecule has 0 saturated carbocycles. The van der Waals surface area contributed by atoms with Crippen molar-refractivity contribution in [1.82, 2.24) is 10.2 Å². The lowest BCUT2D eigenvalue weighted by molar-refractivity contribution is -0.140. The van der Waals surface area contributed by atoms with Gasteiger partial charge in [-0.1, -0.05) is 73.7 Å². The molecule has 0 fully saturated rings. The predicted molar refractivity (Wildman–Crippen MR) is 178 cm³/mol. The number of sulfonamides is 1.